The van der Waals surface area contributed by atoms with Crippen LogP contribution in [0.3, 0.4) is 0 Å². The van der Waals surface area contributed by atoms with Crippen molar-refractivity contribution in [2.45, 2.75) is 0 Å². The number of anilines is 1. The molecule has 0 unspecified atom stereocenters. The molecule has 0 aliphatic rings. The average Bonchev–Trinajstić information content (AvgIpc) is 2.43. The number of halogens is 6. The molecule has 0 aliphatic heterocycles. The van der Waals surface area contributed by atoms with Gasteiger partial charge in [0.1, 0.15) is 5.82 Å². The molecule has 0 spiro atoms. The van der Waals surface area contributed by atoms with Crippen LogP contribution in [0.4, 0.5) is 23.2 Å². The van der Waals surface area contributed by atoms with Crippen LogP contribution >= 0.6 is 21.4 Å². The number of carbonyl (C=O) groups is 1. The minimum Gasteiger partial charge on any atom is -0.322 e. The summed E-state index contributed by atoms with van der Waals surface area (Å²) in [5, 5.41) is 2.18. The van der Waals surface area contributed by atoms with Crippen LogP contribution in [0.5, 0.6) is 0 Å². The van der Waals surface area contributed by atoms with Gasteiger partial charge >= 0.3 is 8.26 Å². The molecule has 0 saturated heterocycles. The standard InChI is InChI=1S/C13H7F4NO.Cl2O2S/c14-8-3-1-7(2-4-8)13(19)18-9-5-10(15)12(17)11(16)6-9;1-5(2,3)4/h1-6H,(H,18,19);. The van der Waals surface area contributed by atoms with Crippen molar-refractivity contribution in [3.8, 4) is 0 Å². The number of benzene rings is 2. The highest BCUT2D eigenvalue weighted by Gasteiger charge is 2.13. The molecule has 1 amide bonds. The highest BCUT2D eigenvalue weighted by atomic mass is 36.0. The Balaban J connectivity index is 0.000000505. The second-order valence-electron chi connectivity index (χ2n) is 4.09. The van der Waals surface area contributed by atoms with Crippen molar-refractivity contribution >= 4 is 41.2 Å². The third-order valence-electron chi connectivity index (χ3n) is 2.35. The minimum atomic E-state index is -3.72. The zero-order valence-electron chi connectivity index (χ0n) is 11.4. The van der Waals surface area contributed by atoms with Crippen LogP contribution in [0.1, 0.15) is 10.4 Å². The SMILES string of the molecule is O=C(Nc1cc(F)c(F)c(F)c1)c1ccc(F)cc1.O=S(=O)(Cl)Cl. The van der Waals surface area contributed by atoms with Crippen LogP contribution in [-0.4, -0.2) is 14.3 Å². The second kappa shape index (κ2) is 8.32. The summed E-state index contributed by atoms with van der Waals surface area (Å²) in [6.45, 7) is 0. The minimum absolute atomic E-state index is 0.103. The average molecular weight is 404 g/mol. The van der Waals surface area contributed by atoms with Gasteiger partial charge in [-0.1, -0.05) is 0 Å². The molecule has 2 aromatic rings. The molecule has 2 rings (SSSR count). The fraction of sp³-hybridized carbons (Fsp3) is 0. The predicted molar refractivity (Wildman–Crippen MR) is 81.3 cm³/mol. The fourth-order valence-corrected chi connectivity index (χ4v) is 1.43. The van der Waals surface area contributed by atoms with Gasteiger partial charge in [0.05, 0.1) is 0 Å². The lowest BCUT2D eigenvalue weighted by Crippen LogP contribution is -2.12. The van der Waals surface area contributed by atoms with Gasteiger partial charge < -0.3 is 5.32 Å². The first-order valence-corrected chi connectivity index (χ1v) is 8.96. The van der Waals surface area contributed by atoms with E-state index < -0.39 is 37.4 Å². The summed E-state index contributed by atoms with van der Waals surface area (Å²) in [7, 11) is 4.81. The summed E-state index contributed by atoms with van der Waals surface area (Å²) < 4.78 is 69.6. The van der Waals surface area contributed by atoms with E-state index in [1.807, 2.05) is 0 Å². The summed E-state index contributed by atoms with van der Waals surface area (Å²) in [4.78, 5) is 11.7. The van der Waals surface area contributed by atoms with Crippen LogP contribution in [0.15, 0.2) is 36.4 Å². The summed E-state index contributed by atoms with van der Waals surface area (Å²) in [5.74, 6) is -5.63. The molecule has 0 heterocycles. The van der Waals surface area contributed by atoms with E-state index in [4.69, 9.17) is 8.42 Å². The Labute approximate surface area is 142 Å². The third kappa shape index (κ3) is 7.16. The van der Waals surface area contributed by atoms with Gasteiger partial charge in [-0.15, -0.1) is 0 Å². The Bertz CT molecular complexity index is 814. The first-order chi connectivity index (χ1) is 11.0. The highest BCUT2D eigenvalue weighted by Crippen LogP contribution is 2.18. The van der Waals surface area contributed by atoms with Gasteiger partial charge in [-0.05, 0) is 24.3 Å². The Hall–Kier alpha value is -1.84. The van der Waals surface area contributed by atoms with E-state index in [-0.39, 0.29) is 11.3 Å². The molecule has 4 nitrogen and oxygen atoms in total. The van der Waals surface area contributed by atoms with E-state index in [0.717, 1.165) is 12.1 Å². The smallest absolute Gasteiger partial charge is 0.317 e. The molecule has 0 bridgehead atoms. The lowest BCUT2D eigenvalue weighted by atomic mass is 10.2. The van der Waals surface area contributed by atoms with Crippen LogP contribution in [0.2, 0.25) is 0 Å². The van der Waals surface area contributed by atoms with Crippen LogP contribution < -0.4 is 5.32 Å². The number of hydrogen-bond donors (Lipinski definition) is 1. The molecule has 0 aromatic heterocycles. The van der Waals surface area contributed by atoms with E-state index in [2.05, 4.69) is 26.7 Å². The van der Waals surface area contributed by atoms with E-state index in [9.17, 15) is 22.4 Å². The molecule has 1 N–H and O–H groups in total. The van der Waals surface area contributed by atoms with Crippen molar-refractivity contribution in [3.63, 3.8) is 0 Å². The van der Waals surface area contributed by atoms with Gasteiger partial charge in [0.25, 0.3) is 5.91 Å². The number of nitrogens with one attached hydrogen (secondary N) is 1. The first-order valence-electron chi connectivity index (χ1n) is 5.83. The molecular weight excluding hydrogens is 397 g/mol. The molecule has 130 valence electrons. The molecule has 0 saturated carbocycles. The molecule has 0 radical (unpaired) electrons. The second-order valence-corrected chi connectivity index (χ2v) is 7.76. The summed E-state index contributed by atoms with van der Waals surface area (Å²) >= 11 is 0. The van der Waals surface area contributed by atoms with Gasteiger partial charge in [-0.25, -0.2) is 17.6 Å². The lowest BCUT2D eigenvalue weighted by molar-refractivity contribution is 0.102. The third-order valence-corrected chi connectivity index (χ3v) is 2.35. The van der Waals surface area contributed by atoms with Gasteiger partial charge in [0, 0.05) is 44.7 Å². The van der Waals surface area contributed by atoms with E-state index in [1.165, 1.54) is 12.1 Å². The van der Waals surface area contributed by atoms with Gasteiger partial charge in [-0.2, -0.15) is 8.42 Å². The maximum absolute atomic E-state index is 12.9. The van der Waals surface area contributed by atoms with E-state index in [1.54, 1.807) is 0 Å². The normalized spacial score (nSPS) is 10.6. The maximum Gasteiger partial charge on any atom is 0.317 e. The number of carbonyl (C=O) groups excluding carboxylic acids is 1. The summed E-state index contributed by atoms with van der Waals surface area (Å²) in [6.07, 6.45) is 0. The van der Waals surface area contributed by atoms with Crippen molar-refractivity contribution < 1.29 is 30.8 Å². The summed E-state index contributed by atoms with van der Waals surface area (Å²) in [6, 6.07) is 5.86. The molecule has 0 atom stereocenters. The van der Waals surface area contributed by atoms with Crippen molar-refractivity contribution in [1.82, 2.24) is 0 Å². The largest absolute Gasteiger partial charge is 0.322 e. The van der Waals surface area contributed by atoms with Crippen molar-refractivity contribution in [2.75, 3.05) is 5.32 Å². The molecular formula is C13H7Cl2F4NO3S. The van der Waals surface area contributed by atoms with Gasteiger partial charge in [0.15, 0.2) is 17.5 Å². The quantitative estimate of drug-likeness (QED) is 0.464. The van der Waals surface area contributed by atoms with Crippen molar-refractivity contribution in [2.24, 2.45) is 0 Å². The van der Waals surface area contributed by atoms with Crippen molar-refractivity contribution in [1.29, 1.82) is 0 Å². The highest BCUT2D eigenvalue weighted by molar-refractivity contribution is 8.31. The van der Waals surface area contributed by atoms with E-state index in [0.29, 0.717) is 12.1 Å². The van der Waals surface area contributed by atoms with Gasteiger partial charge in [-0.3, -0.25) is 4.79 Å². The molecule has 0 aliphatic carbocycles. The number of rotatable bonds is 2. The van der Waals surface area contributed by atoms with Gasteiger partial charge in [0.2, 0.25) is 0 Å². The fourth-order valence-electron chi connectivity index (χ4n) is 1.43. The molecule has 24 heavy (non-hydrogen) atoms. The Morgan fingerprint density at radius 1 is 0.917 bits per heavy atom. The zero-order chi connectivity index (χ0) is 18.5. The Morgan fingerprint density at radius 2 is 1.33 bits per heavy atom. The molecule has 2 aromatic carbocycles. The van der Waals surface area contributed by atoms with Crippen molar-refractivity contribution in [3.05, 3.63) is 65.2 Å². The van der Waals surface area contributed by atoms with Crippen LogP contribution in [-0.2, 0) is 8.26 Å². The topological polar surface area (TPSA) is 63.2 Å². The summed E-state index contributed by atoms with van der Waals surface area (Å²) in [5.41, 5.74) is -0.128. The lowest BCUT2D eigenvalue weighted by Gasteiger charge is -2.06. The maximum atomic E-state index is 12.9. The Morgan fingerprint density at radius 3 is 1.75 bits per heavy atom. The first kappa shape index (κ1) is 20.2. The zero-order valence-corrected chi connectivity index (χ0v) is 13.7. The predicted octanol–water partition coefficient (Wildman–Crippen LogP) is 4.20. The number of amides is 1. The number of hydrogen-bond acceptors (Lipinski definition) is 3. The molecule has 0 fully saturated rings. The van der Waals surface area contributed by atoms with E-state index >= 15 is 0 Å². The Kier molecular flexibility index (Phi) is 7.00. The van der Waals surface area contributed by atoms with Crippen LogP contribution in [0.25, 0.3) is 0 Å². The molecule has 11 heteroatoms. The monoisotopic (exact) mass is 403 g/mol. The van der Waals surface area contributed by atoms with Crippen LogP contribution in [0, 0.1) is 23.3 Å².